The predicted octanol–water partition coefficient (Wildman–Crippen LogP) is 2.34. The first kappa shape index (κ1) is 15.2. The Morgan fingerprint density at radius 3 is 2.12 bits per heavy atom. The molecule has 0 fully saturated rings. The lowest BCUT2D eigenvalue weighted by molar-refractivity contribution is -0.159. The Morgan fingerprint density at radius 2 is 1.88 bits per heavy atom. The van der Waals surface area contributed by atoms with E-state index in [1.165, 1.54) is 4.90 Å². The van der Waals surface area contributed by atoms with Crippen molar-refractivity contribution >= 4 is 28.3 Å². The van der Waals surface area contributed by atoms with E-state index >= 15 is 0 Å². The van der Waals surface area contributed by atoms with Crippen molar-refractivity contribution in [3.05, 3.63) is 0 Å². The summed E-state index contributed by atoms with van der Waals surface area (Å²) in [5.74, 6) is -0.772. The molecule has 0 N–H and O–H groups in total. The molecular formula is C10H18BrNO4. The maximum Gasteiger partial charge on any atom is 0.410 e. The van der Waals surface area contributed by atoms with Gasteiger partial charge in [0, 0.05) is 20.0 Å². The van der Waals surface area contributed by atoms with Gasteiger partial charge in [-0.1, -0.05) is 20.8 Å². The van der Waals surface area contributed by atoms with E-state index in [1.807, 2.05) is 0 Å². The Hall–Kier alpha value is -0.780. The normalized spacial score (nSPS) is 14.2. The topological polar surface area (TPSA) is 55.8 Å². The van der Waals surface area contributed by atoms with Crippen LogP contribution in [-0.2, 0) is 13.4 Å². The van der Waals surface area contributed by atoms with Crippen molar-refractivity contribution in [2.75, 3.05) is 14.1 Å². The highest BCUT2D eigenvalue weighted by atomic mass is 79.9. The van der Waals surface area contributed by atoms with Gasteiger partial charge in [0.2, 0.25) is 5.60 Å². The van der Waals surface area contributed by atoms with Crippen LogP contribution in [0.4, 0.5) is 4.79 Å². The fraction of sp³-hybridized carbons (Fsp3) is 0.800. The molecule has 6 heteroatoms. The number of nitrogens with zero attached hydrogens (tertiary/aromatic N) is 1. The molecule has 0 saturated heterocycles. The third kappa shape index (κ3) is 3.10. The van der Waals surface area contributed by atoms with Crippen molar-refractivity contribution in [1.82, 2.24) is 4.90 Å². The molecule has 0 saturated carbocycles. The molecule has 5 nitrogen and oxygen atoms in total. The number of rotatable bonds is 4. The highest BCUT2D eigenvalue weighted by Crippen LogP contribution is 2.29. The van der Waals surface area contributed by atoms with E-state index in [9.17, 15) is 9.59 Å². The molecule has 0 aromatic heterocycles. The minimum absolute atomic E-state index is 0.175. The van der Waals surface area contributed by atoms with E-state index < -0.39 is 17.7 Å². The standard InChI is InChI=1S/C10H18BrNO4/c1-6-10(7(2)3,8(13)16-11)15-9(14)12(4)5/h7H,6H2,1-5H3. The Labute approximate surface area is 105 Å². The molecule has 0 rings (SSSR count). The highest BCUT2D eigenvalue weighted by Gasteiger charge is 2.46. The van der Waals surface area contributed by atoms with Gasteiger partial charge < -0.3 is 13.5 Å². The molecule has 0 aromatic rings. The lowest BCUT2D eigenvalue weighted by Crippen LogP contribution is -2.49. The van der Waals surface area contributed by atoms with E-state index in [1.54, 1.807) is 34.9 Å². The van der Waals surface area contributed by atoms with Crippen molar-refractivity contribution in [2.45, 2.75) is 32.8 Å². The van der Waals surface area contributed by atoms with Gasteiger partial charge in [-0.2, -0.15) is 0 Å². The van der Waals surface area contributed by atoms with Crippen molar-refractivity contribution in [3.63, 3.8) is 0 Å². The minimum atomic E-state index is -1.25. The number of hydrogen-bond donors (Lipinski definition) is 0. The molecule has 0 aromatic carbocycles. The maximum absolute atomic E-state index is 11.7. The first-order valence-corrected chi connectivity index (χ1v) is 5.69. The fourth-order valence-corrected chi connectivity index (χ4v) is 1.61. The third-order valence-electron chi connectivity index (χ3n) is 2.51. The zero-order valence-electron chi connectivity index (χ0n) is 10.2. The SMILES string of the molecule is CCC(OC(=O)N(C)C)(C(=O)OBr)C(C)C. The summed E-state index contributed by atoms with van der Waals surface area (Å²) in [6, 6.07) is 0. The molecule has 0 bridgehead atoms. The number of carbonyl (C=O) groups is 2. The number of amides is 1. The first-order chi connectivity index (χ1) is 7.31. The third-order valence-corrected chi connectivity index (χ3v) is 2.80. The molecule has 1 unspecified atom stereocenters. The van der Waals surface area contributed by atoms with Crippen LogP contribution in [0.1, 0.15) is 27.2 Å². The highest BCUT2D eigenvalue weighted by molar-refractivity contribution is 9.06. The van der Waals surface area contributed by atoms with Crippen molar-refractivity contribution in [2.24, 2.45) is 5.92 Å². The van der Waals surface area contributed by atoms with Gasteiger partial charge in [-0.05, 0) is 6.42 Å². The molecule has 0 radical (unpaired) electrons. The monoisotopic (exact) mass is 295 g/mol. The largest absolute Gasteiger partial charge is 0.430 e. The molecule has 16 heavy (non-hydrogen) atoms. The number of ether oxygens (including phenoxy) is 1. The summed E-state index contributed by atoms with van der Waals surface area (Å²) in [4.78, 5) is 24.5. The summed E-state index contributed by atoms with van der Waals surface area (Å²) in [6.07, 6.45) is -0.206. The first-order valence-electron chi connectivity index (χ1n) is 5.05. The smallest absolute Gasteiger partial charge is 0.410 e. The van der Waals surface area contributed by atoms with Crippen LogP contribution in [0.2, 0.25) is 0 Å². The molecule has 0 aliphatic carbocycles. The second-order valence-electron chi connectivity index (χ2n) is 4.02. The van der Waals surface area contributed by atoms with Crippen LogP contribution in [0.5, 0.6) is 0 Å². The Balaban J connectivity index is 5.07. The summed E-state index contributed by atoms with van der Waals surface area (Å²) in [7, 11) is 3.12. The average molecular weight is 296 g/mol. The molecule has 0 heterocycles. The van der Waals surface area contributed by atoms with Crippen LogP contribution in [0.15, 0.2) is 0 Å². The van der Waals surface area contributed by atoms with Gasteiger partial charge in [-0.15, -0.1) is 0 Å². The second kappa shape index (κ2) is 6.08. The average Bonchev–Trinajstić information content (AvgIpc) is 2.23. The summed E-state index contributed by atoms with van der Waals surface area (Å²) in [6.45, 7) is 5.37. The van der Waals surface area contributed by atoms with Crippen LogP contribution in [0, 0.1) is 5.92 Å². The zero-order chi connectivity index (χ0) is 12.9. The minimum Gasteiger partial charge on any atom is -0.430 e. The van der Waals surface area contributed by atoms with E-state index in [4.69, 9.17) is 4.74 Å². The summed E-state index contributed by atoms with van der Waals surface area (Å²) >= 11 is 2.63. The van der Waals surface area contributed by atoms with Crippen LogP contribution in [0.25, 0.3) is 0 Å². The van der Waals surface area contributed by atoms with Gasteiger partial charge in [0.25, 0.3) is 0 Å². The second-order valence-corrected chi connectivity index (χ2v) is 4.35. The molecule has 0 spiro atoms. The molecular weight excluding hydrogens is 278 g/mol. The number of carbonyl (C=O) groups excluding carboxylic acids is 2. The van der Waals surface area contributed by atoms with Crippen LogP contribution in [-0.4, -0.2) is 36.7 Å². The van der Waals surface area contributed by atoms with Gasteiger partial charge in [0.05, 0.1) is 0 Å². The van der Waals surface area contributed by atoms with Gasteiger partial charge in [-0.3, -0.25) is 0 Å². The van der Waals surface area contributed by atoms with Gasteiger partial charge in [-0.25, -0.2) is 9.59 Å². The van der Waals surface area contributed by atoms with Crippen molar-refractivity contribution in [1.29, 1.82) is 0 Å². The quantitative estimate of drug-likeness (QED) is 0.799. The van der Waals surface area contributed by atoms with Crippen molar-refractivity contribution < 1.29 is 18.2 Å². The summed E-state index contributed by atoms with van der Waals surface area (Å²) < 4.78 is 9.77. The number of hydrogen-bond acceptors (Lipinski definition) is 4. The Morgan fingerprint density at radius 1 is 1.38 bits per heavy atom. The number of halogens is 1. The summed E-state index contributed by atoms with van der Waals surface area (Å²) in [5, 5.41) is 0. The van der Waals surface area contributed by atoms with Gasteiger partial charge >= 0.3 is 12.1 Å². The lowest BCUT2D eigenvalue weighted by atomic mass is 9.87. The maximum atomic E-state index is 11.7. The molecule has 94 valence electrons. The predicted molar refractivity (Wildman–Crippen MR) is 63.0 cm³/mol. The zero-order valence-corrected chi connectivity index (χ0v) is 11.8. The Kier molecular flexibility index (Phi) is 5.78. The summed E-state index contributed by atoms with van der Waals surface area (Å²) in [5.41, 5.74) is -1.25. The van der Waals surface area contributed by atoms with E-state index in [-0.39, 0.29) is 5.92 Å². The van der Waals surface area contributed by atoms with Crippen molar-refractivity contribution in [3.8, 4) is 0 Å². The fourth-order valence-electron chi connectivity index (χ4n) is 1.33. The van der Waals surface area contributed by atoms with Crippen LogP contribution >= 0.6 is 16.3 Å². The van der Waals surface area contributed by atoms with E-state index in [0.29, 0.717) is 6.42 Å². The van der Waals surface area contributed by atoms with Gasteiger partial charge in [0.15, 0.2) is 16.3 Å². The lowest BCUT2D eigenvalue weighted by Gasteiger charge is -2.33. The van der Waals surface area contributed by atoms with Crippen LogP contribution < -0.4 is 0 Å². The molecule has 1 atom stereocenters. The molecule has 1 amide bonds. The molecule has 0 aliphatic rings. The van der Waals surface area contributed by atoms with E-state index in [2.05, 4.69) is 20.1 Å². The van der Waals surface area contributed by atoms with Crippen LogP contribution in [0.3, 0.4) is 0 Å². The Bertz CT molecular complexity index is 268. The molecule has 0 aliphatic heterocycles. The van der Waals surface area contributed by atoms with Gasteiger partial charge in [0.1, 0.15) is 0 Å². The van der Waals surface area contributed by atoms with E-state index in [0.717, 1.165) is 0 Å².